The lowest BCUT2D eigenvalue weighted by molar-refractivity contribution is -0.113. The fourth-order valence-corrected chi connectivity index (χ4v) is 1.05. The standard InChI is InChI=1S/C8H6N2O2/c11-6-3-1-2-5-8(6)9-4-7(12)10-5/h1-3,9,11H,(H,10,12). The number of hydrogen-bond donors (Lipinski definition) is 3. The van der Waals surface area contributed by atoms with Crippen molar-refractivity contribution < 1.29 is 9.90 Å². The summed E-state index contributed by atoms with van der Waals surface area (Å²) in [4.78, 5) is 10.8. The molecular weight excluding hydrogens is 156 g/mol. The Kier molecular flexibility index (Phi) is 1.40. The van der Waals surface area contributed by atoms with Crippen molar-refractivity contribution in [2.24, 2.45) is 0 Å². The molecule has 3 N–H and O–H groups in total. The third-order valence-electron chi connectivity index (χ3n) is 1.59. The lowest BCUT2D eigenvalue weighted by Gasteiger charge is -2.17. The normalized spacial score (nSPS) is 14.5. The van der Waals surface area contributed by atoms with Gasteiger partial charge in [-0.05, 0) is 12.1 Å². The minimum Gasteiger partial charge on any atom is -0.506 e. The molecule has 1 aromatic rings. The number of fused-ring (bicyclic) bond motifs is 1. The van der Waals surface area contributed by atoms with Crippen molar-refractivity contribution in [2.75, 3.05) is 10.6 Å². The molecule has 4 nitrogen and oxygen atoms in total. The van der Waals surface area contributed by atoms with E-state index in [0.717, 1.165) is 0 Å². The van der Waals surface area contributed by atoms with E-state index in [1.807, 2.05) is 0 Å². The number of rotatable bonds is 0. The molecular formula is C8H6N2O2. The van der Waals surface area contributed by atoms with Crippen molar-refractivity contribution >= 4 is 17.3 Å². The van der Waals surface area contributed by atoms with Crippen molar-refractivity contribution in [2.45, 2.75) is 0 Å². The molecule has 1 aliphatic heterocycles. The Morgan fingerprint density at radius 2 is 2.25 bits per heavy atom. The van der Waals surface area contributed by atoms with Crippen LogP contribution in [0.5, 0.6) is 5.75 Å². The van der Waals surface area contributed by atoms with Crippen molar-refractivity contribution in [3.8, 4) is 5.75 Å². The summed E-state index contributed by atoms with van der Waals surface area (Å²) in [5.41, 5.74) is 1.05. The second kappa shape index (κ2) is 2.41. The molecule has 2 rings (SSSR count). The third kappa shape index (κ3) is 0.972. The second-order valence-electron chi connectivity index (χ2n) is 2.40. The van der Waals surface area contributed by atoms with Crippen LogP contribution >= 0.6 is 0 Å². The predicted octanol–water partition coefficient (Wildman–Crippen LogP) is 0.795. The number of aromatic hydroxyl groups is 1. The average Bonchev–Trinajstić information content (AvgIpc) is 2.04. The molecule has 1 heterocycles. The molecule has 0 saturated heterocycles. The lowest BCUT2D eigenvalue weighted by atomic mass is 10.2. The van der Waals surface area contributed by atoms with E-state index >= 15 is 0 Å². The molecule has 4 heteroatoms. The number of phenols is 1. The number of carbonyl (C=O) groups is 1. The summed E-state index contributed by atoms with van der Waals surface area (Å²) >= 11 is 0. The summed E-state index contributed by atoms with van der Waals surface area (Å²) in [6, 6.07) is 4.88. The number of carbonyl (C=O) groups excluding carboxylic acids is 1. The zero-order valence-corrected chi connectivity index (χ0v) is 6.09. The number of phenolic OH excluding ortho intramolecular Hbond substituents is 1. The highest BCUT2D eigenvalue weighted by molar-refractivity contribution is 6.05. The van der Waals surface area contributed by atoms with Crippen LogP contribution in [0.3, 0.4) is 0 Å². The average molecular weight is 162 g/mol. The highest BCUT2D eigenvalue weighted by Crippen LogP contribution is 2.33. The van der Waals surface area contributed by atoms with Gasteiger partial charge in [0.05, 0.1) is 5.69 Å². The second-order valence-corrected chi connectivity index (χ2v) is 2.40. The van der Waals surface area contributed by atoms with Gasteiger partial charge in [0.25, 0.3) is 5.91 Å². The minimum absolute atomic E-state index is 0.0972. The molecule has 1 aromatic carbocycles. The summed E-state index contributed by atoms with van der Waals surface area (Å²) in [5, 5.41) is 14.4. The molecule has 2 radical (unpaired) electrons. The Morgan fingerprint density at radius 1 is 1.42 bits per heavy atom. The fraction of sp³-hybridized carbons (Fsp3) is 0. The monoisotopic (exact) mass is 162 g/mol. The van der Waals surface area contributed by atoms with Crippen molar-refractivity contribution in [1.82, 2.24) is 0 Å². The van der Waals surface area contributed by atoms with Crippen LogP contribution in [0.4, 0.5) is 11.4 Å². The maximum absolute atomic E-state index is 10.8. The largest absolute Gasteiger partial charge is 0.506 e. The number of anilines is 2. The van der Waals surface area contributed by atoms with E-state index < -0.39 is 0 Å². The van der Waals surface area contributed by atoms with Gasteiger partial charge in [-0.3, -0.25) is 4.79 Å². The van der Waals surface area contributed by atoms with Crippen LogP contribution in [0, 0.1) is 6.54 Å². The Labute approximate surface area is 69.2 Å². The Balaban J connectivity index is 2.48. The quantitative estimate of drug-likeness (QED) is 0.494. The first-order valence-corrected chi connectivity index (χ1v) is 3.42. The van der Waals surface area contributed by atoms with Gasteiger partial charge in [-0.1, -0.05) is 6.07 Å². The molecule has 0 spiro atoms. The number of para-hydroxylation sites is 1. The summed E-state index contributed by atoms with van der Waals surface area (Å²) in [7, 11) is 0. The first kappa shape index (κ1) is 6.97. The van der Waals surface area contributed by atoms with E-state index in [1.54, 1.807) is 12.1 Å². The smallest absolute Gasteiger partial charge is 0.256 e. The van der Waals surface area contributed by atoms with Crippen molar-refractivity contribution in [1.29, 1.82) is 0 Å². The van der Waals surface area contributed by atoms with Crippen LogP contribution < -0.4 is 10.6 Å². The van der Waals surface area contributed by atoms with E-state index in [4.69, 9.17) is 0 Å². The Hall–Kier alpha value is -1.71. The van der Waals surface area contributed by atoms with E-state index in [9.17, 15) is 9.90 Å². The van der Waals surface area contributed by atoms with Crippen LogP contribution in [0.25, 0.3) is 0 Å². The van der Waals surface area contributed by atoms with Crippen LogP contribution in [0.1, 0.15) is 0 Å². The van der Waals surface area contributed by atoms with E-state index in [1.165, 1.54) is 6.07 Å². The molecule has 0 unspecified atom stereocenters. The van der Waals surface area contributed by atoms with Gasteiger partial charge in [0, 0.05) is 0 Å². The molecule has 0 saturated carbocycles. The van der Waals surface area contributed by atoms with E-state index in [-0.39, 0.29) is 11.7 Å². The van der Waals surface area contributed by atoms with Gasteiger partial charge in [-0.25, -0.2) is 0 Å². The van der Waals surface area contributed by atoms with Crippen LogP contribution in [-0.2, 0) is 4.79 Å². The van der Waals surface area contributed by atoms with Gasteiger partial charge in [0.2, 0.25) is 0 Å². The zero-order chi connectivity index (χ0) is 8.55. The summed E-state index contributed by atoms with van der Waals surface area (Å²) < 4.78 is 0. The maximum Gasteiger partial charge on any atom is 0.256 e. The van der Waals surface area contributed by atoms with Gasteiger partial charge in [-0.15, -0.1) is 0 Å². The Morgan fingerprint density at radius 3 is 3.08 bits per heavy atom. The summed E-state index contributed by atoms with van der Waals surface area (Å²) in [6.07, 6.45) is 0. The molecule has 0 aromatic heterocycles. The first-order valence-electron chi connectivity index (χ1n) is 3.42. The van der Waals surface area contributed by atoms with Gasteiger partial charge < -0.3 is 15.7 Å². The van der Waals surface area contributed by atoms with E-state index in [0.29, 0.717) is 11.4 Å². The maximum atomic E-state index is 10.8. The lowest BCUT2D eigenvalue weighted by Crippen LogP contribution is -2.22. The first-order chi connectivity index (χ1) is 5.77. The number of benzene rings is 1. The van der Waals surface area contributed by atoms with Crippen LogP contribution in [-0.4, -0.2) is 11.0 Å². The molecule has 1 aliphatic rings. The molecule has 60 valence electrons. The highest BCUT2D eigenvalue weighted by atomic mass is 16.3. The molecule has 12 heavy (non-hydrogen) atoms. The SMILES string of the molecule is O=C1[C]Nc2c(O)cccc2N1. The fourth-order valence-electron chi connectivity index (χ4n) is 1.05. The van der Waals surface area contributed by atoms with Crippen molar-refractivity contribution in [3.05, 3.63) is 24.7 Å². The van der Waals surface area contributed by atoms with Gasteiger partial charge >= 0.3 is 0 Å². The zero-order valence-electron chi connectivity index (χ0n) is 6.09. The third-order valence-corrected chi connectivity index (χ3v) is 1.59. The minimum atomic E-state index is -0.340. The molecule has 0 atom stereocenters. The molecule has 0 fully saturated rings. The van der Waals surface area contributed by atoms with Crippen molar-refractivity contribution in [3.63, 3.8) is 0 Å². The molecule has 0 bridgehead atoms. The van der Waals surface area contributed by atoms with Crippen LogP contribution in [0.2, 0.25) is 0 Å². The number of hydrogen-bond acceptors (Lipinski definition) is 3. The van der Waals surface area contributed by atoms with Gasteiger partial charge in [-0.2, -0.15) is 0 Å². The van der Waals surface area contributed by atoms with Gasteiger partial charge in [0.15, 0.2) is 6.54 Å². The Bertz CT molecular complexity index is 336. The number of nitrogens with one attached hydrogen (secondary N) is 2. The summed E-state index contributed by atoms with van der Waals surface area (Å²) in [5.74, 6) is -0.242. The summed E-state index contributed by atoms with van der Waals surface area (Å²) in [6.45, 7) is 2.32. The topological polar surface area (TPSA) is 61.4 Å². The predicted molar refractivity (Wildman–Crippen MR) is 43.6 cm³/mol. The highest BCUT2D eigenvalue weighted by Gasteiger charge is 2.17. The van der Waals surface area contributed by atoms with Crippen LogP contribution in [0.15, 0.2) is 18.2 Å². The molecule has 0 aliphatic carbocycles. The number of amides is 1. The van der Waals surface area contributed by atoms with E-state index in [2.05, 4.69) is 17.2 Å². The van der Waals surface area contributed by atoms with Gasteiger partial charge in [0.1, 0.15) is 11.4 Å². The molecule has 1 amide bonds.